The summed E-state index contributed by atoms with van der Waals surface area (Å²) in [6, 6.07) is 22.4. The van der Waals surface area contributed by atoms with Crippen molar-refractivity contribution in [3.63, 3.8) is 0 Å². The number of thiophene rings is 1. The molecule has 0 radical (unpaired) electrons. The number of halogens is 1. The first-order chi connectivity index (χ1) is 32.9. The van der Waals surface area contributed by atoms with Crippen molar-refractivity contribution in [3.05, 3.63) is 105 Å². The molecule has 69 heavy (non-hydrogen) atoms. The molecule has 20 heteroatoms. The summed E-state index contributed by atoms with van der Waals surface area (Å²) in [5.41, 5.74) is 3.78. The van der Waals surface area contributed by atoms with E-state index in [-0.39, 0.29) is 70.6 Å². The lowest BCUT2D eigenvalue weighted by Crippen LogP contribution is -2.55. The van der Waals surface area contributed by atoms with E-state index in [1.54, 1.807) is 53.4 Å². The topological polar surface area (TPSA) is 232 Å². The number of carbonyl (C=O) groups excluding carboxylic acids is 4. The number of rotatable bonds is 13. The van der Waals surface area contributed by atoms with E-state index in [1.807, 2.05) is 44.2 Å². The van der Waals surface area contributed by atoms with Gasteiger partial charge in [-0.25, -0.2) is 22.8 Å². The number of nitrogens with one attached hydrogen (secondary N) is 3. The Morgan fingerprint density at radius 2 is 1.65 bits per heavy atom. The van der Waals surface area contributed by atoms with E-state index in [1.165, 1.54) is 9.21 Å². The van der Waals surface area contributed by atoms with Gasteiger partial charge in [-0.15, -0.1) is 11.3 Å². The fraction of sp³-hybridized carbons (Fsp3) is 0.347. The molecular weight excluding hydrogens is 948 g/mol. The third-order valence-corrected chi connectivity index (χ3v) is 17.0. The van der Waals surface area contributed by atoms with Crippen molar-refractivity contribution in [1.29, 1.82) is 0 Å². The van der Waals surface area contributed by atoms with Gasteiger partial charge in [-0.2, -0.15) is 4.31 Å². The first-order valence-corrected chi connectivity index (χ1v) is 25.3. The molecule has 0 bridgehead atoms. The van der Waals surface area contributed by atoms with Crippen molar-refractivity contribution in [1.82, 2.24) is 14.5 Å². The zero-order chi connectivity index (χ0) is 48.9. The van der Waals surface area contributed by atoms with E-state index in [9.17, 15) is 42.3 Å². The SMILES string of the molecule is CC1(C)C[C@@H](Nc2cccc(-c3sc(C(=O)O)c(OCC(=O)O)c3Cl)c2)CCN1S(=O)(=O)Cc1cccc(NC(=O)N2CCC(c3ccc4c5c(cccc35)C(=O)N4[C@H]3CCC(=O)NC3=O)CC2)c1. The van der Waals surface area contributed by atoms with Crippen LogP contribution in [0.1, 0.15) is 89.4 Å². The van der Waals surface area contributed by atoms with E-state index in [0.29, 0.717) is 77.4 Å². The number of aliphatic carboxylic acids is 1. The smallest absolute Gasteiger partial charge is 0.349 e. The average Bonchev–Trinajstić information content (AvgIpc) is 3.78. The summed E-state index contributed by atoms with van der Waals surface area (Å²) < 4.78 is 34.9. The second-order valence-electron chi connectivity index (χ2n) is 18.4. The molecule has 5 N–H and O–H groups in total. The number of urea groups is 1. The molecule has 5 heterocycles. The number of nitrogens with zero attached hydrogens (tertiary/aromatic N) is 3. The molecule has 0 unspecified atom stereocenters. The molecule has 0 aliphatic carbocycles. The van der Waals surface area contributed by atoms with Crippen LogP contribution >= 0.6 is 22.9 Å². The first-order valence-electron chi connectivity index (χ1n) is 22.5. The number of anilines is 3. The van der Waals surface area contributed by atoms with Crippen LogP contribution in [0.4, 0.5) is 21.9 Å². The second-order valence-corrected chi connectivity index (χ2v) is 21.7. The lowest BCUT2D eigenvalue weighted by Gasteiger charge is -2.45. The monoisotopic (exact) mass is 996 g/mol. The fourth-order valence-corrected chi connectivity index (χ4v) is 13.6. The van der Waals surface area contributed by atoms with Crippen molar-refractivity contribution >= 4 is 96.5 Å². The molecule has 9 rings (SSSR count). The summed E-state index contributed by atoms with van der Waals surface area (Å²) in [5.74, 6) is -4.02. The van der Waals surface area contributed by atoms with Gasteiger partial charge in [0.2, 0.25) is 21.8 Å². The maximum atomic E-state index is 14.1. The van der Waals surface area contributed by atoms with Gasteiger partial charge < -0.3 is 30.5 Å². The zero-order valence-electron chi connectivity index (χ0n) is 37.6. The Bertz CT molecular complexity index is 3060. The number of likely N-dealkylation sites (tertiary alicyclic amines) is 1. The quantitative estimate of drug-likeness (QED) is 0.0713. The molecule has 3 saturated heterocycles. The molecule has 4 aliphatic heterocycles. The minimum Gasteiger partial charge on any atom is -0.479 e. The predicted molar refractivity (Wildman–Crippen MR) is 261 cm³/mol. The summed E-state index contributed by atoms with van der Waals surface area (Å²) in [7, 11) is -3.82. The molecule has 360 valence electrons. The van der Waals surface area contributed by atoms with Crippen molar-refractivity contribution in [2.24, 2.45) is 0 Å². The van der Waals surface area contributed by atoms with Crippen molar-refractivity contribution in [2.75, 3.05) is 41.8 Å². The lowest BCUT2D eigenvalue weighted by molar-refractivity contribution is -0.139. The number of ether oxygens (including phenoxy) is 1. The van der Waals surface area contributed by atoms with Crippen molar-refractivity contribution in [2.45, 2.75) is 81.7 Å². The van der Waals surface area contributed by atoms with E-state index in [2.05, 4.69) is 16.0 Å². The van der Waals surface area contributed by atoms with Crippen LogP contribution in [-0.4, -0.2) is 107 Å². The predicted octanol–water partition coefficient (Wildman–Crippen LogP) is 7.75. The largest absolute Gasteiger partial charge is 0.479 e. The number of carbonyl (C=O) groups is 6. The van der Waals surface area contributed by atoms with Crippen LogP contribution in [-0.2, 0) is 30.2 Å². The number of amides is 5. The Morgan fingerprint density at radius 3 is 2.38 bits per heavy atom. The Kier molecular flexibility index (Phi) is 12.9. The molecule has 17 nitrogen and oxygen atoms in total. The van der Waals surface area contributed by atoms with Crippen LogP contribution in [0.15, 0.2) is 78.9 Å². The van der Waals surface area contributed by atoms with Crippen molar-refractivity contribution < 1.29 is 52.1 Å². The molecule has 1 aromatic heterocycles. The second kappa shape index (κ2) is 18.8. The zero-order valence-corrected chi connectivity index (χ0v) is 40.0. The third-order valence-electron chi connectivity index (χ3n) is 13.3. The Hall–Kier alpha value is -6.54. The average molecular weight is 998 g/mol. The summed E-state index contributed by atoms with van der Waals surface area (Å²) in [5, 5.41) is 29.3. The summed E-state index contributed by atoms with van der Waals surface area (Å²) in [4.78, 5) is 78.4. The first kappa shape index (κ1) is 47.5. The van der Waals surface area contributed by atoms with Gasteiger partial charge in [-0.1, -0.05) is 54.1 Å². The number of sulfonamides is 1. The lowest BCUT2D eigenvalue weighted by atomic mass is 9.85. The van der Waals surface area contributed by atoms with Gasteiger partial charge in [0.05, 0.1) is 16.3 Å². The number of aromatic carboxylic acids is 1. The minimum atomic E-state index is -3.82. The highest BCUT2D eigenvalue weighted by molar-refractivity contribution is 7.88. The highest BCUT2D eigenvalue weighted by Crippen LogP contribution is 2.47. The molecular formula is C49H49ClN6O11S2. The fourth-order valence-electron chi connectivity index (χ4n) is 10.2. The molecule has 3 fully saturated rings. The minimum absolute atomic E-state index is 0.00340. The summed E-state index contributed by atoms with van der Waals surface area (Å²) in [6.07, 6.45) is 2.75. The number of carboxylic acids is 2. The number of imide groups is 1. The van der Waals surface area contributed by atoms with Gasteiger partial charge in [-0.3, -0.25) is 24.6 Å². The van der Waals surface area contributed by atoms with Crippen LogP contribution in [0.5, 0.6) is 5.75 Å². The Labute approximate surface area is 406 Å². The summed E-state index contributed by atoms with van der Waals surface area (Å²) >= 11 is 7.41. The van der Waals surface area contributed by atoms with E-state index >= 15 is 0 Å². The van der Waals surface area contributed by atoms with Crippen LogP contribution in [0.2, 0.25) is 5.02 Å². The van der Waals surface area contributed by atoms with E-state index in [4.69, 9.17) is 21.4 Å². The molecule has 2 atom stereocenters. The highest BCUT2D eigenvalue weighted by atomic mass is 35.5. The summed E-state index contributed by atoms with van der Waals surface area (Å²) in [6.45, 7) is 4.22. The van der Waals surface area contributed by atoms with Crippen LogP contribution in [0, 0.1) is 0 Å². The number of hydrogen-bond acceptors (Lipinski definition) is 11. The molecule has 0 spiro atoms. The number of benzene rings is 4. The highest BCUT2D eigenvalue weighted by Gasteiger charge is 2.43. The standard InChI is InChI=1S/C49H49ClN6O11S2/c1-49(2)24-32(51-31-9-4-7-29(23-31)43-41(50)42(67-25-39(58)59)44(68-43)47(62)63)18-21-55(49)69(65,66)26-27-6-3-8-30(22-27)52-48(64)54-19-16-28(17-20-54)33-12-13-36-40-34(33)10-5-11-35(40)46(61)56(36)37-14-15-38(57)53-45(37)60/h3-13,22-23,28,32,37,51H,14-21,24-26H2,1-2H3,(H,52,64)(H,58,59)(H,62,63)(H,53,57,60)/t32-,37-/m0/s1. The normalized spacial score (nSPS) is 19.7. The van der Waals surface area contributed by atoms with Gasteiger partial charge in [0, 0.05) is 60.0 Å². The van der Waals surface area contributed by atoms with Crippen molar-refractivity contribution in [3.8, 4) is 16.2 Å². The van der Waals surface area contributed by atoms with Gasteiger partial charge in [0.15, 0.2) is 17.2 Å². The Morgan fingerprint density at radius 1 is 0.913 bits per heavy atom. The van der Waals surface area contributed by atoms with Crippen LogP contribution < -0.4 is 25.6 Å². The number of carboxylic acid groups (broad SMARTS) is 2. The van der Waals surface area contributed by atoms with Gasteiger partial charge >= 0.3 is 18.0 Å². The molecule has 5 aromatic rings. The Balaban J connectivity index is 0.803. The number of piperidine rings is 3. The maximum absolute atomic E-state index is 14.1. The van der Waals surface area contributed by atoms with Crippen LogP contribution in [0.25, 0.3) is 21.2 Å². The number of hydrogen-bond donors (Lipinski definition) is 5. The van der Waals surface area contributed by atoms with E-state index < -0.39 is 46.1 Å². The van der Waals surface area contributed by atoms with Gasteiger partial charge in [0.1, 0.15) is 11.1 Å². The third kappa shape index (κ3) is 9.47. The maximum Gasteiger partial charge on any atom is 0.349 e. The molecule has 4 aliphatic rings. The van der Waals surface area contributed by atoms with Crippen LogP contribution in [0.3, 0.4) is 0 Å². The van der Waals surface area contributed by atoms with Gasteiger partial charge in [0.25, 0.3) is 5.91 Å². The molecule has 5 amide bonds. The van der Waals surface area contributed by atoms with Gasteiger partial charge in [-0.05, 0) is 110 Å². The molecule has 0 saturated carbocycles. The molecule has 4 aromatic carbocycles. The van der Waals surface area contributed by atoms with E-state index in [0.717, 1.165) is 27.7 Å².